The number of aromatic nitrogens is 4. The predicted molar refractivity (Wildman–Crippen MR) is 126 cm³/mol. The maximum absolute atomic E-state index is 13.4. The molecule has 186 valence electrons. The van der Waals surface area contributed by atoms with Crippen LogP contribution in [-0.4, -0.2) is 58.9 Å². The predicted octanol–water partition coefficient (Wildman–Crippen LogP) is 2.64. The van der Waals surface area contributed by atoms with Crippen LogP contribution in [0.25, 0.3) is 16.2 Å². The fourth-order valence-corrected chi connectivity index (χ4v) is 6.67. The van der Waals surface area contributed by atoms with E-state index < -0.39 is 27.0 Å². The minimum atomic E-state index is -4.05. The molecule has 1 saturated heterocycles. The minimum Gasteiger partial charge on any atom is -0.367 e. The van der Waals surface area contributed by atoms with E-state index in [0.717, 1.165) is 11.3 Å². The molecule has 3 heterocycles. The van der Waals surface area contributed by atoms with Gasteiger partial charge in [0.15, 0.2) is 5.01 Å². The molecule has 10 nitrogen and oxygen atoms in total. The third-order valence-corrected chi connectivity index (χ3v) is 8.62. The molecule has 1 saturated carbocycles. The van der Waals surface area contributed by atoms with Gasteiger partial charge in [-0.2, -0.15) is 9.98 Å². The lowest BCUT2D eigenvalue weighted by atomic mass is 10.1. The first-order chi connectivity index (χ1) is 16.5. The third kappa shape index (κ3) is 4.37. The summed E-state index contributed by atoms with van der Waals surface area (Å²) in [5, 5.41) is 20.1. The van der Waals surface area contributed by atoms with Crippen molar-refractivity contribution in [1.29, 1.82) is 5.26 Å². The van der Waals surface area contributed by atoms with Crippen LogP contribution >= 0.6 is 11.3 Å². The van der Waals surface area contributed by atoms with Gasteiger partial charge >= 0.3 is 0 Å². The van der Waals surface area contributed by atoms with Crippen molar-refractivity contribution in [2.75, 3.05) is 18.0 Å². The second-order valence-corrected chi connectivity index (χ2v) is 11.9. The molecule has 2 aromatic heterocycles. The second-order valence-electron chi connectivity index (χ2n) is 9.20. The van der Waals surface area contributed by atoms with Crippen molar-refractivity contribution >= 4 is 38.1 Å². The normalized spacial score (nSPS) is 22.0. The van der Waals surface area contributed by atoms with Crippen molar-refractivity contribution in [3.63, 3.8) is 0 Å². The Morgan fingerprint density at radius 2 is 1.94 bits per heavy atom. The highest BCUT2D eigenvalue weighted by Gasteiger charge is 2.47. The lowest BCUT2D eigenvalue weighted by Crippen LogP contribution is -2.54. The molecule has 5 rings (SSSR count). The zero-order chi connectivity index (χ0) is 25.1. The number of nitriles is 1. The van der Waals surface area contributed by atoms with Gasteiger partial charge in [0.1, 0.15) is 16.9 Å². The molecule has 2 aliphatic rings. The second kappa shape index (κ2) is 8.44. The summed E-state index contributed by atoms with van der Waals surface area (Å²) in [5.41, 5.74) is 0.481. The Balaban J connectivity index is 1.71. The molecule has 1 aromatic carbocycles. The van der Waals surface area contributed by atoms with Gasteiger partial charge in [-0.05, 0) is 45.7 Å². The Morgan fingerprint density at radius 1 is 1.26 bits per heavy atom. The number of sulfonamides is 1. The Hall–Kier alpha value is -2.73. The largest absolute Gasteiger partial charge is 0.367 e. The molecule has 1 aliphatic carbocycles. The molecule has 2 N–H and O–H groups in total. The molecule has 0 amide bonds. The van der Waals surface area contributed by atoms with Crippen LogP contribution in [-0.2, 0) is 10.0 Å². The number of alkyl halides is 2. The molecular formula is C21H24F2N8O2S2. The highest BCUT2D eigenvalue weighted by atomic mass is 32.2. The Morgan fingerprint density at radius 3 is 2.51 bits per heavy atom. The lowest BCUT2D eigenvalue weighted by Gasteiger charge is -2.37. The van der Waals surface area contributed by atoms with E-state index in [0.29, 0.717) is 48.5 Å². The molecular weight excluding hydrogens is 498 g/mol. The summed E-state index contributed by atoms with van der Waals surface area (Å²) in [6.07, 6.45) is -1.87. The van der Waals surface area contributed by atoms with E-state index in [9.17, 15) is 22.5 Å². The van der Waals surface area contributed by atoms with Crippen molar-refractivity contribution in [2.45, 2.75) is 62.6 Å². The van der Waals surface area contributed by atoms with E-state index in [4.69, 9.17) is 0 Å². The van der Waals surface area contributed by atoms with Crippen molar-refractivity contribution in [1.82, 2.24) is 29.8 Å². The van der Waals surface area contributed by atoms with Crippen LogP contribution in [0.4, 0.5) is 14.5 Å². The topological polar surface area (TPSA) is 129 Å². The number of benzene rings is 1. The fraction of sp³-hybridized carbons (Fsp3) is 0.524. The van der Waals surface area contributed by atoms with Gasteiger partial charge < -0.3 is 10.2 Å². The number of hydrogen-bond donors (Lipinski definition) is 2. The SMILES string of the molecule is Cc1nc2c(N3C[C@@H](C)N[C@@H](C)C3)cc(S(=O)(=O)NC3(C#N)CC3)cc2n1-c1nnc(C(F)F)s1. The van der Waals surface area contributed by atoms with Crippen LogP contribution in [0.2, 0.25) is 0 Å². The lowest BCUT2D eigenvalue weighted by molar-refractivity contribution is 0.150. The van der Waals surface area contributed by atoms with Crippen molar-refractivity contribution < 1.29 is 17.2 Å². The van der Waals surface area contributed by atoms with Gasteiger partial charge in [0, 0.05) is 25.2 Å². The third-order valence-electron chi connectivity index (χ3n) is 6.19. The van der Waals surface area contributed by atoms with E-state index in [2.05, 4.69) is 30.1 Å². The minimum absolute atomic E-state index is 0.0277. The molecule has 14 heteroatoms. The summed E-state index contributed by atoms with van der Waals surface area (Å²) < 4.78 is 57.2. The number of aryl methyl sites for hydroxylation is 1. The first-order valence-corrected chi connectivity index (χ1v) is 13.4. The highest BCUT2D eigenvalue weighted by Crippen LogP contribution is 2.38. The maximum Gasteiger partial charge on any atom is 0.291 e. The van der Waals surface area contributed by atoms with Gasteiger partial charge in [-0.1, -0.05) is 11.3 Å². The smallest absolute Gasteiger partial charge is 0.291 e. The average molecular weight is 523 g/mol. The van der Waals surface area contributed by atoms with E-state index in [1.807, 2.05) is 19.9 Å². The molecule has 0 bridgehead atoms. The highest BCUT2D eigenvalue weighted by molar-refractivity contribution is 7.89. The van der Waals surface area contributed by atoms with E-state index in [1.54, 1.807) is 17.6 Å². The molecule has 0 spiro atoms. The van der Waals surface area contributed by atoms with E-state index >= 15 is 0 Å². The molecule has 1 aliphatic heterocycles. The number of halogens is 2. The van der Waals surface area contributed by atoms with Crippen LogP contribution in [0.15, 0.2) is 17.0 Å². The Kier molecular flexibility index (Phi) is 5.78. The summed E-state index contributed by atoms with van der Waals surface area (Å²) in [6, 6.07) is 5.38. The summed E-state index contributed by atoms with van der Waals surface area (Å²) >= 11 is 0.726. The number of nitrogens with zero attached hydrogens (tertiary/aromatic N) is 6. The summed E-state index contributed by atoms with van der Waals surface area (Å²) in [4.78, 5) is 6.73. The standard InChI is InChI=1S/C21H24F2N8O2S2/c1-11-8-30(9-12(2)25-11)15-6-14(35(32,33)29-21(10-24)4-5-21)7-16-17(15)26-13(3)31(16)20-28-27-19(34-20)18(22)23/h6-7,11-12,18,25,29H,4-5,8-9H2,1-3H3/t11-,12+. The van der Waals surface area contributed by atoms with Gasteiger partial charge in [-0.3, -0.25) is 4.57 Å². The van der Waals surface area contributed by atoms with Gasteiger partial charge in [0.25, 0.3) is 6.43 Å². The first kappa shape index (κ1) is 24.0. The number of imidazole rings is 1. The number of piperazine rings is 1. The maximum atomic E-state index is 13.4. The number of anilines is 1. The Bertz CT molecular complexity index is 1430. The molecule has 0 unspecified atom stereocenters. The van der Waals surface area contributed by atoms with Crippen LogP contribution in [0, 0.1) is 18.3 Å². The van der Waals surface area contributed by atoms with E-state index in [-0.39, 0.29) is 22.1 Å². The van der Waals surface area contributed by atoms with E-state index in [1.165, 1.54) is 6.07 Å². The molecule has 2 atom stereocenters. The molecule has 0 radical (unpaired) electrons. The summed E-state index contributed by atoms with van der Waals surface area (Å²) in [5.74, 6) is 0.465. The zero-order valence-electron chi connectivity index (χ0n) is 19.3. The monoisotopic (exact) mass is 522 g/mol. The Labute approximate surface area is 205 Å². The summed E-state index contributed by atoms with van der Waals surface area (Å²) in [7, 11) is -4.05. The van der Waals surface area contributed by atoms with Gasteiger partial charge in [-0.25, -0.2) is 22.2 Å². The van der Waals surface area contributed by atoms with Crippen LogP contribution < -0.4 is 14.9 Å². The van der Waals surface area contributed by atoms with Crippen LogP contribution in [0.3, 0.4) is 0 Å². The number of rotatable bonds is 6. The first-order valence-electron chi connectivity index (χ1n) is 11.1. The quantitative estimate of drug-likeness (QED) is 0.506. The summed E-state index contributed by atoms with van der Waals surface area (Å²) in [6.45, 7) is 7.04. The average Bonchev–Trinajstić information content (AvgIpc) is 3.22. The number of fused-ring (bicyclic) bond motifs is 1. The fourth-order valence-electron chi connectivity index (χ4n) is 4.49. The molecule has 3 aromatic rings. The number of nitrogens with one attached hydrogen (secondary N) is 2. The van der Waals surface area contributed by atoms with Crippen molar-refractivity contribution in [3.8, 4) is 11.2 Å². The molecule has 2 fully saturated rings. The zero-order valence-corrected chi connectivity index (χ0v) is 20.9. The van der Waals surface area contributed by atoms with Crippen molar-refractivity contribution in [3.05, 3.63) is 23.0 Å². The van der Waals surface area contributed by atoms with Crippen LogP contribution in [0.1, 0.15) is 43.9 Å². The van der Waals surface area contributed by atoms with Crippen molar-refractivity contribution in [2.24, 2.45) is 0 Å². The van der Waals surface area contributed by atoms with Gasteiger partial charge in [0.05, 0.1) is 22.2 Å². The van der Waals surface area contributed by atoms with Gasteiger partial charge in [-0.15, -0.1) is 10.2 Å². The number of hydrogen-bond acceptors (Lipinski definition) is 9. The molecule has 35 heavy (non-hydrogen) atoms. The van der Waals surface area contributed by atoms with Gasteiger partial charge in [0.2, 0.25) is 15.2 Å². The van der Waals surface area contributed by atoms with Crippen LogP contribution in [0.5, 0.6) is 0 Å².